The van der Waals surface area contributed by atoms with Crippen LogP contribution in [0, 0.1) is 0 Å². The van der Waals surface area contributed by atoms with Crippen LogP contribution in [-0.4, -0.2) is 21.0 Å². The molecular weight excluding hydrogens is 256 g/mol. The minimum Gasteiger partial charge on any atom is -0.486 e. The quantitative estimate of drug-likeness (QED) is 0.918. The van der Waals surface area contributed by atoms with Crippen LogP contribution in [0.3, 0.4) is 0 Å². The Labute approximate surface area is 108 Å². The average molecular weight is 265 g/mol. The Bertz CT molecular complexity index is 558. The maximum Gasteiger partial charge on any atom is 0.337 e. The van der Waals surface area contributed by atoms with E-state index in [1.807, 2.05) is 0 Å². The molecule has 18 heavy (non-hydrogen) atoms. The van der Waals surface area contributed by atoms with Gasteiger partial charge in [-0.3, -0.25) is 9.97 Å². The second-order valence-electron chi connectivity index (χ2n) is 3.47. The first-order valence-corrected chi connectivity index (χ1v) is 5.44. The Morgan fingerprint density at radius 1 is 1.33 bits per heavy atom. The van der Waals surface area contributed by atoms with Crippen molar-refractivity contribution in [3.8, 4) is 5.75 Å². The molecule has 2 heterocycles. The van der Waals surface area contributed by atoms with Crippen LogP contribution < -0.4 is 4.74 Å². The van der Waals surface area contributed by atoms with Gasteiger partial charge >= 0.3 is 5.97 Å². The number of carboxylic acid groups (broad SMARTS) is 1. The molecule has 2 aromatic heterocycles. The summed E-state index contributed by atoms with van der Waals surface area (Å²) in [4.78, 5) is 18.5. The third-order valence-electron chi connectivity index (χ3n) is 2.14. The van der Waals surface area contributed by atoms with Crippen LogP contribution in [0.15, 0.2) is 36.8 Å². The van der Waals surface area contributed by atoms with Gasteiger partial charge in [-0.2, -0.15) is 0 Å². The van der Waals surface area contributed by atoms with Gasteiger partial charge in [-0.15, -0.1) is 0 Å². The lowest BCUT2D eigenvalue weighted by Gasteiger charge is -2.05. The summed E-state index contributed by atoms with van der Waals surface area (Å²) in [6.45, 7) is 0.224. The van der Waals surface area contributed by atoms with Gasteiger partial charge in [-0.05, 0) is 12.1 Å². The smallest absolute Gasteiger partial charge is 0.337 e. The van der Waals surface area contributed by atoms with Gasteiger partial charge in [0.2, 0.25) is 0 Å². The molecule has 6 heteroatoms. The zero-order chi connectivity index (χ0) is 13.0. The number of hydrogen-bond acceptors (Lipinski definition) is 4. The molecule has 0 saturated heterocycles. The number of hydrogen-bond donors (Lipinski definition) is 1. The highest BCUT2D eigenvalue weighted by Gasteiger charge is 2.03. The van der Waals surface area contributed by atoms with E-state index in [9.17, 15) is 4.79 Å². The fourth-order valence-electron chi connectivity index (χ4n) is 1.26. The number of nitrogens with zero attached hydrogens (tertiary/aromatic N) is 2. The van der Waals surface area contributed by atoms with Crippen LogP contribution in [0.5, 0.6) is 5.75 Å². The zero-order valence-electron chi connectivity index (χ0n) is 9.21. The molecule has 0 spiro atoms. The van der Waals surface area contributed by atoms with Gasteiger partial charge in [0.1, 0.15) is 12.4 Å². The predicted molar refractivity (Wildman–Crippen MR) is 64.8 cm³/mol. The highest BCUT2D eigenvalue weighted by atomic mass is 35.5. The Morgan fingerprint density at radius 3 is 2.78 bits per heavy atom. The van der Waals surface area contributed by atoms with Gasteiger partial charge < -0.3 is 9.84 Å². The number of aromatic nitrogens is 2. The maximum atomic E-state index is 10.6. The second-order valence-corrected chi connectivity index (χ2v) is 3.91. The first kappa shape index (κ1) is 12.3. The van der Waals surface area contributed by atoms with Crippen molar-refractivity contribution >= 4 is 17.6 Å². The van der Waals surface area contributed by atoms with Gasteiger partial charge in [0.25, 0.3) is 0 Å². The standard InChI is InChI=1S/C12H9ClN2O3/c13-9-3-11(6-14-5-9)18-7-10-2-1-8(4-15-10)12(16)17/h1-6H,7H2,(H,16,17). The molecule has 0 aliphatic heterocycles. The molecule has 0 atom stereocenters. The largest absolute Gasteiger partial charge is 0.486 e. The number of carboxylic acids is 1. The molecule has 0 aliphatic carbocycles. The van der Waals surface area contributed by atoms with Crippen LogP contribution in [0.1, 0.15) is 16.1 Å². The minimum atomic E-state index is -1.01. The lowest BCUT2D eigenvalue weighted by atomic mass is 10.2. The fraction of sp³-hybridized carbons (Fsp3) is 0.0833. The van der Waals surface area contributed by atoms with Crippen molar-refractivity contribution in [1.29, 1.82) is 0 Å². The van der Waals surface area contributed by atoms with E-state index >= 15 is 0 Å². The topological polar surface area (TPSA) is 72.3 Å². The molecule has 5 nitrogen and oxygen atoms in total. The van der Waals surface area contributed by atoms with E-state index in [1.54, 1.807) is 12.1 Å². The van der Waals surface area contributed by atoms with E-state index < -0.39 is 5.97 Å². The summed E-state index contributed by atoms with van der Waals surface area (Å²) in [5.74, 6) is -0.472. The summed E-state index contributed by atoms with van der Waals surface area (Å²) in [7, 11) is 0. The van der Waals surface area contributed by atoms with E-state index in [4.69, 9.17) is 21.4 Å². The Hall–Kier alpha value is -2.14. The molecule has 0 aromatic carbocycles. The Kier molecular flexibility index (Phi) is 3.74. The third-order valence-corrected chi connectivity index (χ3v) is 2.34. The monoisotopic (exact) mass is 264 g/mol. The van der Waals surface area contributed by atoms with Crippen LogP contribution in [0.25, 0.3) is 0 Å². The Balaban J connectivity index is 2.00. The molecule has 0 saturated carbocycles. The summed E-state index contributed by atoms with van der Waals surface area (Å²) < 4.78 is 5.42. The van der Waals surface area contributed by atoms with E-state index in [2.05, 4.69) is 9.97 Å². The van der Waals surface area contributed by atoms with Crippen LogP contribution in [0.2, 0.25) is 5.02 Å². The van der Waals surface area contributed by atoms with Gasteiger partial charge in [-0.1, -0.05) is 11.6 Å². The molecule has 2 rings (SSSR count). The number of aromatic carboxylic acids is 1. The molecule has 0 fully saturated rings. The summed E-state index contributed by atoms with van der Waals surface area (Å²) in [5.41, 5.74) is 0.767. The van der Waals surface area contributed by atoms with Crippen LogP contribution in [-0.2, 0) is 6.61 Å². The molecule has 1 N–H and O–H groups in total. The van der Waals surface area contributed by atoms with Crippen molar-refractivity contribution in [2.45, 2.75) is 6.61 Å². The van der Waals surface area contributed by atoms with Gasteiger partial charge in [0, 0.05) is 18.5 Å². The average Bonchev–Trinajstić information content (AvgIpc) is 2.37. The van der Waals surface area contributed by atoms with Crippen molar-refractivity contribution in [1.82, 2.24) is 9.97 Å². The first-order chi connectivity index (χ1) is 8.65. The van der Waals surface area contributed by atoms with Gasteiger partial charge in [0.05, 0.1) is 22.5 Å². The number of pyridine rings is 2. The predicted octanol–water partition coefficient (Wildman–Crippen LogP) is 2.41. The summed E-state index contributed by atoms with van der Waals surface area (Å²) >= 11 is 5.76. The SMILES string of the molecule is O=C(O)c1ccc(COc2cncc(Cl)c2)nc1. The van der Waals surface area contributed by atoms with E-state index in [0.29, 0.717) is 16.5 Å². The summed E-state index contributed by atoms with van der Waals surface area (Å²) in [5, 5.41) is 9.21. The van der Waals surface area contributed by atoms with Crippen LogP contribution in [0.4, 0.5) is 0 Å². The van der Waals surface area contributed by atoms with E-state index in [0.717, 1.165) is 0 Å². The third kappa shape index (κ3) is 3.18. The lowest BCUT2D eigenvalue weighted by molar-refractivity contribution is 0.0696. The number of carbonyl (C=O) groups is 1. The van der Waals surface area contributed by atoms with E-state index in [1.165, 1.54) is 24.7 Å². The molecule has 0 amide bonds. The lowest BCUT2D eigenvalue weighted by Crippen LogP contribution is -2.01. The molecule has 0 radical (unpaired) electrons. The zero-order valence-corrected chi connectivity index (χ0v) is 9.96. The normalized spacial score (nSPS) is 10.1. The van der Waals surface area contributed by atoms with Crippen molar-refractivity contribution in [3.05, 3.63) is 53.1 Å². The molecule has 0 bridgehead atoms. The van der Waals surface area contributed by atoms with E-state index in [-0.39, 0.29) is 12.2 Å². The van der Waals surface area contributed by atoms with Crippen molar-refractivity contribution in [2.75, 3.05) is 0 Å². The molecular formula is C12H9ClN2O3. The minimum absolute atomic E-state index is 0.142. The summed E-state index contributed by atoms with van der Waals surface area (Å²) in [6, 6.07) is 4.71. The first-order valence-electron chi connectivity index (χ1n) is 5.07. The molecule has 0 aliphatic rings. The Morgan fingerprint density at radius 2 is 2.17 bits per heavy atom. The molecule has 2 aromatic rings. The highest BCUT2D eigenvalue weighted by molar-refractivity contribution is 6.30. The molecule has 0 unspecified atom stereocenters. The maximum absolute atomic E-state index is 10.6. The van der Waals surface area contributed by atoms with Gasteiger partial charge in [0.15, 0.2) is 0 Å². The number of ether oxygens (including phenoxy) is 1. The fourth-order valence-corrected chi connectivity index (χ4v) is 1.43. The summed E-state index contributed by atoms with van der Waals surface area (Å²) in [6.07, 6.45) is 4.34. The van der Waals surface area contributed by atoms with Crippen molar-refractivity contribution < 1.29 is 14.6 Å². The number of halogens is 1. The highest BCUT2D eigenvalue weighted by Crippen LogP contribution is 2.16. The molecule has 92 valence electrons. The van der Waals surface area contributed by atoms with Crippen molar-refractivity contribution in [3.63, 3.8) is 0 Å². The number of rotatable bonds is 4. The van der Waals surface area contributed by atoms with Crippen LogP contribution >= 0.6 is 11.6 Å². The van der Waals surface area contributed by atoms with Crippen molar-refractivity contribution in [2.24, 2.45) is 0 Å². The van der Waals surface area contributed by atoms with Gasteiger partial charge in [-0.25, -0.2) is 4.79 Å². The second kappa shape index (κ2) is 5.46.